The predicted molar refractivity (Wildman–Crippen MR) is 70.4 cm³/mol. The van der Waals surface area contributed by atoms with Crippen molar-refractivity contribution in [3.63, 3.8) is 0 Å². The first kappa shape index (κ1) is 16.0. The van der Waals surface area contributed by atoms with Crippen LogP contribution in [-0.2, 0) is 0 Å². The van der Waals surface area contributed by atoms with Crippen LogP contribution in [0.25, 0.3) is 0 Å². The largest absolute Gasteiger partial charge is 0.408 e. The predicted octanol–water partition coefficient (Wildman–Crippen LogP) is 0.526. The summed E-state index contributed by atoms with van der Waals surface area (Å²) >= 11 is 0. The number of aromatic nitrogens is 2. The number of alkyl halides is 3. The van der Waals surface area contributed by atoms with E-state index in [0.717, 1.165) is 6.42 Å². The zero-order valence-corrected chi connectivity index (χ0v) is 10.6. The molecule has 1 aromatic heterocycles. The van der Waals surface area contributed by atoms with Crippen LogP contribution in [0.5, 0.6) is 0 Å². The first-order chi connectivity index (χ1) is 9.40. The molecular weight excluding hydrogens is 275 g/mol. The minimum Gasteiger partial charge on any atom is -0.370 e. The van der Waals surface area contributed by atoms with Crippen LogP contribution in [0.4, 0.5) is 24.9 Å². The second-order valence-corrected chi connectivity index (χ2v) is 3.78. The Hall–Kier alpha value is -2.10. The minimum atomic E-state index is -4.40. The van der Waals surface area contributed by atoms with Crippen molar-refractivity contribution >= 4 is 17.7 Å². The minimum absolute atomic E-state index is 0.249. The summed E-state index contributed by atoms with van der Waals surface area (Å²) in [5, 5.41) is 5.37. The van der Waals surface area contributed by atoms with Crippen LogP contribution in [-0.4, -0.2) is 41.7 Å². The van der Waals surface area contributed by atoms with Gasteiger partial charge in [-0.2, -0.15) is 18.2 Å². The Kier molecular flexibility index (Phi) is 5.97. The summed E-state index contributed by atoms with van der Waals surface area (Å²) in [6.07, 6.45) is -2.21. The third kappa shape index (κ3) is 6.73. The summed E-state index contributed by atoms with van der Waals surface area (Å²) < 4.78 is 35.9. The molecule has 10 heteroatoms. The van der Waals surface area contributed by atoms with E-state index in [-0.39, 0.29) is 11.8 Å². The smallest absolute Gasteiger partial charge is 0.370 e. The zero-order valence-electron chi connectivity index (χ0n) is 10.6. The van der Waals surface area contributed by atoms with E-state index in [9.17, 15) is 13.2 Å². The van der Waals surface area contributed by atoms with Crippen LogP contribution >= 0.6 is 0 Å². The van der Waals surface area contributed by atoms with E-state index >= 15 is 0 Å². The van der Waals surface area contributed by atoms with Gasteiger partial charge in [-0.15, -0.1) is 0 Å². The first-order valence-electron chi connectivity index (χ1n) is 5.81. The fourth-order valence-corrected chi connectivity index (χ4v) is 1.16. The number of guanidine groups is 1. The highest BCUT2D eigenvalue weighted by Crippen LogP contribution is 2.14. The Morgan fingerprint density at radius 1 is 1.40 bits per heavy atom. The Morgan fingerprint density at radius 2 is 2.15 bits per heavy atom. The van der Waals surface area contributed by atoms with Crippen molar-refractivity contribution in [1.82, 2.24) is 9.97 Å². The standard InChI is InChI=1S/C10H16F3N7/c11-10(12,13)6-18-8(15)19-7-2-5-17-9(20-7)16-4-1-3-14/h2,5H,1,3-4,6,14H2,(H4,15,16,17,18,19,20). The highest BCUT2D eigenvalue weighted by molar-refractivity contribution is 5.91. The number of hydrogen-bond acceptors (Lipinski definition) is 5. The number of aliphatic imine (C=N–C) groups is 1. The topological polar surface area (TPSA) is 114 Å². The van der Waals surface area contributed by atoms with Crippen LogP contribution in [0.1, 0.15) is 6.42 Å². The van der Waals surface area contributed by atoms with Crippen molar-refractivity contribution in [2.45, 2.75) is 12.6 Å². The Bertz CT molecular complexity index is 447. The van der Waals surface area contributed by atoms with E-state index in [4.69, 9.17) is 11.5 Å². The van der Waals surface area contributed by atoms with E-state index < -0.39 is 12.7 Å². The van der Waals surface area contributed by atoms with Gasteiger partial charge in [0.2, 0.25) is 5.95 Å². The fraction of sp³-hybridized carbons (Fsp3) is 0.500. The Labute approximate surface area is 113 Å². The van der Waals surface area contributed by atoms with Gasteiger partial charge in [0.15, 0.2) is 5.96 Å². The van der Waals surface area contributed by atoms with Gasteiger partial charge in [0.1, 0.15) is 12.4 Å². The molecule has 0 radical (unpaired) electrons. The van der Waals surface area contributed by atoms with Gasteiger partial charge in [-0.25, -0.2) is 9.98 Å². The third-order valence-corrected chi connectivity index (χ3v) is 2.00. The van der Waals surface area contributed by atoms with Gasteiger partial charge in [0.25, 0.3) is 0 Å². The number of hydrogen-bond donors (Lipinski definition) is 4. The maximum Gasteiger partial charge on any atom is 0.408 e. The molecule has 0 atom stereocenters. The molecular formula is C10H16F3N7. The second kappa shape index (κ2) is 7.48. The van der Waals surface area contributed by atoms with Crippen molar-refractivity contribution in [1.29, 1.82) is 0 Å². The molecule has 1 rings (SSSR count). The Morgan fingerprint density at radius 3 is 2.80 bits per heavy atom. The van der Waals surface area contributed by atoms with Crippen molar-refractivity contribution in [3.05, 3.63) is 12.3 Å². The lowest BCUT2D eigenvalue weighted by atomic mass is 10.4. The lowest BCUT2D eigenvalue weighted by molar-refractivity contribution is -0.118. The van der Waals surface area contributed by atoms with E-state index in [1.54, 1.807) is 0 Å². The molecule has 1 aromatic rings. The summed E-state index contributed by atoms with van der Waals surface area (Å²) in [5.74, 6) is 0.208. The Balaban J connectivity index is 2.57. The van der Waals surface area contributed by atoms with Crippen LogP contribution < -0.4 is 22.1 Å². The molecule has 0 bridgehead atoms. The molecule has 0 saturated heterocycles. The molecule has 1 heterocycles. The van der Waals surface area contributed by atoms with Crippen molar-refractivity contribution in [2.75, 3.05) is 30.3 Å². The first-order valence-corrected chi connectivity index (χ1v) is 5.81. The summed E-state index contributed by atoms with van der Waals surface area (Å²) in [7, 11) is 0. The molecule has 112 valence electrons. The third-order valence-electron chi connectivity index (χ3n) is 2.00. The molecule has 6 N–H and O–H groups in total. The normalized spacial score (nSPS) is 12.3. The SMILES string of the molecule is NCCCNc1nccc(N/C(N)=N\CC(F)(F)F)n1. The van der Waals surface area contributed by atoms with E-state index in [0.29, 0.717) is 19.0 Å². The van der Waals surface area contributed by atoms with E-state index in [1.165, 1.54) is 12.3 Å². The summed E-state index contributed by atoms with van der Waals surface area (Å²) in [4.78, 5) is 11.1. The molecule has 20 heavy (non-hydrogen) atoms. The van der Waals surface area contributed by atoms with Gasteiger partial charge in [-0.1, -0.05) is 0 Å². The average molecular weight is 291 g/mol. The highest BCUT2D eigenvalue weighted by Gasteiger charge is 2.26. The molecule has 0 unspecified atom stereocenters. The number of nitrogens with zero attached hydrogens (tertiary/aromatic N) is 3. The molecule has 0 spiro atoms. The molecule has 0 amide bonds. The number of nitrogens with two attached hydrogens (primary N) is 2. The zero-order chi connectivity index (χ0) is 15.0. The number of halogens is 3. The van der Waals surface area contributed by atoms with E-state index in [2.05, 4.69) is 25.6 Å². The van der Waals surface area contributed by atoms with Gasteiger partial charge >= 0.3 is 6.18 Å². The maximum absolute atomic E-state index is 12.0. The van der Waals surface area contributed by atoms with Gasteiger partial charge in [0, 0.05) is 12.7 Å². The lowest BCUT2D eigenvalue weighted by Gasteiger charge is -2.08. The maximum atomic E-state index is 12.0. The molecule has 0 aliphatic carbocycles. The lowest BCUT2D eigenvalue weighted by Crippen LogP contribution is -2.26. The molecule has 0 aliphatic heterocycles. The second-order valence-electron chi connectivity index (χ2n) is 3.78. The quantitative estimate of drug-likeness (QED) is 0.345. The van der Waals surface area contributed by atoms with Gasteiger partial charge in [-0.3, -0.25) is 0 Å². The van der Waals surface area contributed by atoms with E-state index in [1.807, 2.05) is 0 Å². The number of rotatable bonds is 6. The molecule has 0 fully saturated rings. The molecule has 0 aromatic carbocycles. The summed E-state index contributed by atoms with van der Waals surface area (Å²) in [6.45, 7) is -0.224. The summed E-state index contributed by atoms with van der Waals surface area (Å²) in [6, 6.07) is 1.46. The van der Waals surface area contributed by atoms with Crippen molar-refractivity contribution in [2.24, 2.45) is 16.5 Å². The van der Waals surface area contributed by atoms with Crippen LogP contribution in [0.2, 0.25) is 0 Å². The van der Waals surface area contributed by atoms with Crippen LogP contribution in [0.15, 0.2) is 17.3 Å². The highest BCUT2D eigenvalue weighted by atomic mass is 19.4. The number of nitrogens with one attached hydrogen (secondary N) is 2. The summed E-state index contributed by atoms with van der Waals surface area (Å²) in [5.41, 5.74) is 10.7. The molecule has 7 nitrogen and oxygen atoms in total. The van der Waals surface area contributed by atoms with Crippen LogP contribution in [0, 0.1) is 0 Å². The average Bonchev–Trinajstić information content (AvgIpc) is 2.36. The van der Waals surface area contributed by atoms with Crippen molar-refractivity contribution in [3.8, 4) is 0 Å². The monoisotopic (exact) mass is 291 g/mol. The molecule has 0 aliphatic rings. The number of anilines is 2. The molecule has 0 saturated carbocycles. The van der Waals surface area contributed by atoms with Gasteiger partial charge in [-0.05, 0) is 19.0 Å². The fourth-order valence-electron chi connectivity index (χ4n) is 1.16. The van der Waals surface area contributed by atoms with Crippen molar-refractivity contribution < 1.29 is 13.2 Å². The van der Waals surface area contributed by atoms with Gasteiger partial charge < -0.3 is 22.1 Å². The van der Waals surface area contributed by atoms with Gasteiger partial charge in [0.05, 0.1) is 0 Å². The van der Waals surface area contributed by atoms with Crippen LogP contribution in [0.3, 0.4) is 0 Å².